The van der Waals surface area contributed by atoms with Crippen LogP contribution in [0.3, 0.4) is 0 Å². The molecule has 0 spiro atoms. The third-order valence-electron chi connectivity index (χ3n) is 2.07. The number of hydrogen-bond donors (Lipinski definition) is 0. The van der Waals surface area contributed by atoms with Crippen molar-refractivity contribution in [1.82, 2.24) is 0 Å². The Morgan fingerprint density at radius 3 is 2.92 bits per heavy atom. The maximum atomic E-state index is 5.98. The number of hydrogen-bond acceptors (Lipinski definition) is 0. The van der Waals surface area contributed by atoms with Gasteiger partial charge in [0.1, 0.15) is 0 Å². The first-order valence-electron chi connectivity index (χ1n) is 3.84. The predicted molar refractivity (Wildman–Crippen MR) is 52.5 cm³/mol. The van der Waals surface area contributed by atoms with Crippen LogP contribution < -0.4 is 0 Å². The minimum Gasteiger partial charge on any atom is -0.0840 e. The fourth-order valence-electron chi connectivity index (χ4n) is 1.34. The molecule has 0 nitrogen and oxygen atoms in total. The Hall–Kier alpha value is -1.01. The van der Waals surface area contributed by atoms with Gasteiger partial charge in [0.2, 0.25) is 0 Å². The van der Waals surface area contributed by atoms with Crippen molar-refractivity contribution in [3.05, 3.63) is 47.0 Å². The summed E-state index contributed by atoms with van der Waals surface area (Å²) in [5, 5.41) is 3.23. The van der Waals surface area contributed by atoms with Crippen LogP contribution in [-0.2, 0) is 0 Å². The van der Waals surface area contributed by atoms with E-state index in [2.05, 4.69) is 6.07 Å². The minimum absolute atomic E-state index is 0.828. The fraction of sp³-hybridized carbons (Fsp3) is 0.0909. The molecule has 59 valence electrons. The van der Waals surface area contributed by atoms with E-state index in [1.807, 2.05) is 37.3 Å². The lowest BCUT2D eigenvalue weighted by atomic mass is 10.1. The second-order valence-corrected chi connectivity index (χ2v) is 3.23. The lowest BCUT2D eigenvalue weighted by molar-refractivity contribution is 1.53. The highest BCUT2D eigenvalue weighted by molar-refractivity contribution is 6.32. The van der Waals surface area contributed by atoms with Crippen molar-refractivity contribution in [3.8, 4) is 0 Å². The van der Waals surface area contributed by atoms with Gasteiger partial charge in [0.25, 0.3) is 0 Å². The average Bonchev–Trinajstić information content (AvgIpc) is 2.12. The SMILES string of the molecule is Cc1c(Cl)ccc2c[c]ccc12. The van der Waals surface area contributed by atoms with E-state index in [9.17, 15) is 0 Å². The number of fused-ring (bicyclic) bond motifs is 1. The summed E-state index contributed by atoms with van der Waals surface area (Å²) in [6.07, 6.45) is 0. The Kier molecular flexibility index (Phi) is 1.78. The zero-order valence-electron chi connectivity index (χ0n) is 6.76. The quantitative estimate of drug-likeness (QED) is 0.574. The van der Waals surface area contributed by atoms with E-state index < -0.39 is 0 Å². The summed E-state index contributed by atoms with van der Waals surface area (Å²) in [6, 6.07) is 12.9. The van der Waals surface area contributed by atoms with Gasteiger partial charge in [-0.1, -0.05) is 29.8 Å². The summed E-state index contributed by atoms with van der Waals surface area (Å²) < 4.78 is 0. The van der Waals surface area contributed by atoms with E-state index in [4.69, 9.17) is 11.6 Å². The highest BCUT2D eigenvalue weighted by Gasteiger charge is 1.99. The lowest BCUT2D eigenvalue weighted by Crippen LogP contribution is -1.78. The molecule has 0 N–H and O–H groups in total. The third-order valence-corrected chi connectivity index (χ3v) is 2.48. The highest BCUT2D eigenvalue weighted by Crippen LogP contribution is 2.24. The van der Waals surface area contributed by atoms with Crippen molar-refractivity contribution >= 4 is 22.4 Å². The second kappa shape index (κ2) is 2.80. The number of rotatable bonds is 0. The molecule has 0 amide bonds. The molecule has 2 aromatic rings. The van der Waals surface area contributed by atoms with Gasteiger partial charge in [-0.15, -0.1) is 0 Å². The fourth-order valence-corrected chi connectivity index (χ4v) is 1.50. The molecule has 1 radical (unpaired) electrons. The highest BCUT2D eigenvalue weighted by atomic mass is 35.5. The van der Waals surface area contributed by atoms with Crippen molar-refractivity contribution < 1.29 is 0 Å². The monoisotopic (exact) mass is 175 g/mol. The molecule has 0 aliphatic carbocycles. The van der Waals surface area contributed by atoms with E-state index in [0.29, 0.717) is 0 Å². The molecule has 1 heteroatoms. The molecule has 0 saturated heterocycles. The Morgan fingerprint density at radius 1 is 1.25 bits per heavy atom. The van der Waals surface area contributed by atoms with Gasteiger partial charge in [-0.2, -0.15) is 0 Å². The van der Waals surface area contributed by atoms with E-state index in [1.54, 1.807) is 0 Å². The summed E-state index contributed by atoms with van der Waals surface area (Å²) in [5.41, 5.74) is 1.14. The Morgan fingerprint density at radius 2 is 2.08 bits per heavy atom. The minimum atomic E-state index is 0.828. The molecule has 0 aliphatic rings. The van der Waals surface area contributed by atoms with Crippen LogP contribution in [0, 0.1) is 13.0 Å². The third kappa shape index (κ3) is 1.09. The smallest absolute Gasteiger partial charge is 0.0441 e. The largest absolute Gasteiger partial charge is 0.0840 e. The topological polar surface area (TPSA) is 0 Å². The maximum absolute atomic E-state index is 5.98. The summed E-state index contributed by atoms with van der Waals surface area (Å²) in [6.45, 7) is 2.03. The predicted octanol–water partition coefficient (Wildman–Crippen LogP) is 3.60. The lowest BCUT2D eigenvalue weighted by Gasteiger charge is -2.02. The molecule has 0 saturated carbocycles. The van der Waals surface area contributed by atoms with E-state index >= 15 is 0 Å². The van der Waals surface area contributed by atoms with Crippen LogP contribution in [0.5, 0.6) is 0 Å². The van der Waals surface area contributed by atoms with Crippen molar-refractivity contribution in [2.75, 3.05) is 0 Å². The van der Waals surface area contributed by atoms with Gasteiger partial charge in [-0.05, 0) is 41.5 Å². The van der Waals surface area contributed by atoms with Crippen LogP contribution in [0.4, 0.5) is 0 Å². The van der Waals surface area contributed by atoms with E-state index in [0.717, 1.165) is 10.6 Å². The van der Waals surface area contributed by atoms with Crippen LogP contribution in [-0.4, -0.2) is 0 Å². The molecule has 0 unspecified atom stereocenters. The Labute approximate surface area is 76.8 Å². The molecule has 0 aromatic heterocycles. The summed E-state index contributed by atoms with van der Waals surface area (Å²) in [5.74, 6) is 0. The van der Waals surface area contributed by atoms with E-state index in [1.165, 1.54) is 10.8 Å². The first kappa shape index (κ1) is 7.63. The number of aryl methyl sites for hydroxylation is 1. The molecule has 2 rings (SSSR count). The molecule has 0 aliphatic heterocycles. The van der Waals surface area contributed by atoms with Crippen molar-refractivity contribution in [2.24, 2.45) is 0 Å². The molecule has 0 heterocycles. The van der Waals surface area contributed by atoms with Gasteiger partial charge in [0.05, 0.1) is 0 Å². The average molecular weight is 176 g/mol. The molecular formula is C11H8Cl. The van der Waals surface area contributed by atoms with Crippen LogP contribution in [0.1, 0.15) is 5.56 Å². The maximum Gasteiger partial charge on any atom is 0.0441 e. The molecule has 0 fully saturated rings. The van der Waals surface area contributed by atoms with Gasteiger partial charge in [-0.3, -0.25) is 0 Å². The summed E-state index contributed by atoms with van der Waals surface area (Å²) in [7, 11) is 0. The number of benzene rings is 2. The van der Waals surface area contributed by atoms with Crippen LogP contribution in [0.2, 0.25) is 5.02 Å². The van der Waals surface area contributed by atoms with E-state index in [-0.39, 0.29) is 0 Å². The van der Waals surface area contributed by atoms with Gasteiger partial charge in [-0.25, -0.2) is 0 Å². The first-order chi connectivity index (χ1) is 5.79. The van der Waals surface area contributed by atoms with Crippen molar-refractivity contribution in [1.29, 1.82) is 0 Å². The van der Waals surface area contributed by atoms with Gasteiger partial charge in [0, 0.05) is 5.02 Å². The standard InChI is InChI=1S/C11H8Cl/c1-8-10-5-3-2-4-9(10)6-7-11(8)12/h3-7H,1H3. The molecule has 12 heavy (non-hydrogen) atoms. The molecule has 0 bridgehead atoms. The molecule has 2 aromatic carbocycles. The zero-order chi connectivity index (χ0) is 8.55. The van der Waals surface area contributed by atoms with Crippen molar-refractivity contribution in [2.45, 2.75) is 6.92 Å². The van der Waals surface area contributed by atoms with Gasteiger partial charge < -0.3 is 0 Å². The van der Waals surface area contributed by atoms with Gasteiger partial charge >= 0.3 is 0 Å². The second-order valence-electron chi connectivity index (χ2n) is 2.82. The van der Waals surface area contributed by atoms with Crippen LogP contribution in [0.15, 0.2) is 30.3 Å². The molecule has 0 atom stereocenters. The Bertz CT molecular complexity index is 418. The van der Waals surface area contributed by atoms with Crippen molar-refractivity contribution in [3.63, 3.8) is 0 Å². The Balaban J connectivity index is 2.91. The van der Waals surface area contributed by atoms with Crippen LogP contribution >= 0.6 is 11.6 Å². The first-order valence-corrected chi connectivity index (χ1v) is 4.22. The molecular weight excluding hydrogens is 168 g/mol. The zero-order valence-corrected chi connectivity index (χ0v) is 7.52. The summed E-state index contributed by atoms with van der Waals surface area (Å²) >= 11 is 5.98. The number of halogens is 1. The van der Waals surface area contributed by atoms with Crippen LogP contribution in [0.25, 0.3) is 10.8 Å². The van der Waals surface area contributed by atoms with Gasteiger partial charge in [0.15, 0.2) is 0 Å². The summed E-state index contributed by atoms with van der Waals surface area (Å²) in [4.78, 5) is 0. The normalized spacial score (nSPS) is 10.5.